The van der Waals surface area contributed by atoms with Gasteiger partial charge in [-0.2, -0.15) is 0 Å². The quantitative estimate of drug-likeness (QED) is 0.638. The van der Waals surface area contributed by atoms with Crippen molar-refractivity contribution in [3.05, 3.63) is 88.7 Å². The standard InChI is InChI=1S/C23H24N2O3/c1-16-13-20(17(2)25(16)3)21(26)15-28-22-12-8-7-11-19(22)23(27)24-14-18-9-5-4-6-10-18/h4-13H,14-15H2,1-3H3,(H,24,27). The molecule has 0 aliphatic carbocycles. The van der Waals surface area contributed by atoms with E-state index in [1.807, 2.05) is 61.9 Å². The van der Waals surface area contributed by atoms with Gasteiger partial charge in [-0.25, -0.2) is 0 Å². The van der Waals surface area contributed by atoms with E-state index in [0.717, 1.165) is 17.0 Å². The van der Waals surface area contributed by atoms with Crippen LogP contribution in [0.25, 0.3) is 0 Å². The van der Waals surface area contributed by atoms with Gasteiger partial charge in [-0.1, -0.05) is 42.5 Å². The molecule has 0 atom stereocenters. The van der Waals surface area contributed by atoms with Gasteiger partial charge in [-0.05, 0) is 37.6 Å². The number of ketones is 1. The van der Waals surface area contributed by atoms with Gasteiger partial charge in [0, 0.05) is 30.5 Å². The summed E-state index contributed by atoms with van der Waals surface area (Å²) in [6, 6.07) is 18.5. The van der Waals surface area contributed by atoms with Gasteiger partial charge in [0.05, 0.1) is 5.56 Å². The molecule has 5 nitrogen and oxygen atoms in total. The number of carbonyl (C=O) groups excluding carboxylic acids is 2. The van der Waals surface area contributed by atoms with Crippen molar-refractivity contribution in [2.75, 3.05) is 6.61 Å². The summed E-state index contributed by atoms with van der Waals surface area (Å²) in [6.07, 6.45) is 0. The number of amides is 1. The minimum absolute atomic E-state index is 0.110. The van der Waals surface area contributed by atoms with Crippen molar-refractivity contribution in [3.8, 4) is 5.75 Å². The van der Waals surface area contributed by atoms with Gasteiger partial charge in [0.1, 0.15) is 5.75 Å². The van der Waals surface area contributed by atoms with Gasteiger partial charge in [0.2, 0.25) is 5.78 Å². The fourth-order valence-corrected chi connectivity index (χ4v) is 3.01. The summed E-state index contributed by atoms with van der Waals surface area (Å²) in [5.74, 6) is 0.0473. The lowest BCUT2D eigenvalue weighted by molar-refractivity contribution is 0.0902. The Hall–Kier alpha value is -3.34. The van der Waals surface area contributed by atoms with E-state index in [1.54, 1.807) is 24.3 Å². The highest BCUT2D eigenvalue weighted by Gasteiger charge is 2.17. The summed E-state index contributed by atoms with van der Waals surface area (Å²) < 4.78 is 7.68. The maximum Gasteiger partial charge on any atom is 0.255 e. The summed E-state index contributed by atoms with van der Waals surface area (Å²) in [5, 5.41) is 2.89. The third-order valence-corrected chi connectivity index (χ3v) is 4.86. The Bertz CT molecular complexity index is 990. The number of aromatic nitrogens is 1. The van der Waals surface area contributed by atoms with E-state index >= 15 is 0 Å². The van der Waals surface area contributed by atoms with Crippen LogP contribution >= 0.6 is 0 Å². The highest BCUT2D eigenvalue weighted by molar-refractivity contribution is 5.99. The number of rotatable bonds is 7. The van der Waals surface area contributed by atoms with E-state index in [-0.39, 0.29) is 18.3 Å². The van der Waals surface area contributed by atoms with E-state index < -0.39 is 0 Å². The van der Waals surface area contributed by atoms with E-state index in [4.69, 9.17) is 4.74 Å². The SMILES string of the molecule is Cc1cc(C(=O)COc2ccccc2C(=O)NCc2ccccc2)c(C)n1C. The Kier molecular flexibility index (Phi) is 5.94. The molecule has 1 heterocycles. The monoisotopic (exact) mass is 376 g/mol. The molecular weight excluding hydrogens is 352 g/mol. The lowest BCUT2D eigenvalue weighted by Gasteiger charge is -2.11. The van der Waals surface area contributed by atoms with Crippen LogP contribution in [0.5, 0.6) is 5.75 Å². The number of hydrogen-bond donors (Lipinski definition) is 1. The molecule has 2 aromatic carbocycles. The molecule has 0 bridgehead atoms. The Balaban J connectivity index is 1.67. The van der Waals surface area contributed by atoms with Crippen molar-refractivity contribution in [3.63, 3.8) is 0 Å². The molecule has 0 unspecified atom stereocenters. The molecule has 0 aliphatic rings. The molecule has 0 saturated carbocycles. The van der Waals surface area contributed by atoms with Crippen LogP contribution in [0.1, 0.15) is 37.7 Å². The van der Waals surface area contributed by atoms with Crippen molar-refractivity contribution in [2.45, 2.75) is 20.4 Å². The number of Topliss-reactive ketones (excluding diaryl/α,β-unsaturated/α-hetero) is 1. The van der Waals surface area contributed by atoms with Crippen LogP contribution in [0.3, 0.4) is 0 Å². The average molecular weight is 376 g/mol. The molecule has 0 radical (unpaired) electrons. The number of carbonyl (C=O) groups is 2. The van der Waals surface area contributed by atoms with Gasteiger partial charge >= 0.3 is 0 Å². The molecule has 1 amide bonds. The molecular formula is C23H24N2O3. The highest BCUT2D eigenvalue weighted by Crippen LogP contribution is 2.20. The van der Waals surface area contributed by atoms with E-state index in [1.165, 1.54) is 0 Å². The summed E-state index contributed by atoms with van der Waals surface area (Å²) in [4.78, 5) is 25.1. The zero-order valence-corrected chi connectivity index (χ0v) is 16.4. The van der Waals surface area contributed by atoms with Crippen molar-refractivity contribution < 1.29 is 14.3 Å². The lowest BCUT2D eigenvalue weighted by atomic mass is 10.1. The molecule has 3 rings (SSSR count). The van der Waals surface area contributed by atoms with E-state index in [2.05, 4.69) is 5.32 Å². The number of aryl methyl sites for hydroxylation is 1. The Labute approximate surface area is 165 Å². The van der Waals surface area contributed by atoms with Gasteiger partial charge in [-0.3, -0.25) is 9.59 Å². The number of benzene rings is 2. The normalized spacial score (nSPS) is 10.5. The topological polar surface area (TPSA) is 60.3 Å². The maximum absolute atomic E-state index is 12.6. The molecule has 1 aromatic heterocycles. The number of nitrogens with zero attached hydrogens (tertiary/aromatic N) is 1. The van der Waals surface area contributed by atoms with Crippen LogP contribution in [-0.4, -0.2) is 22.9 Å². The van der Waals surface area contributed by atoms with Crippen LogP contribution in [0.15, 0.2) is 60.7 Å². The first kappa shape index (κ1) is 19.4. The second-order valence-corrected chi connectivity index (χ2v) is 6.72. The van der Waals surface area contributed by atoms with Gasteiger partial charge in [0.25, 0.3) is 5.91 Å². The fourth-order valence-electron chi connectivity index (χ4n) is 3.01. The zero-order chi connectivity index (χ0) is 20.1. The van der Waals surface area contributed by atoms with Crippen LogP contribution in [0, 0.1) is 13.8 Å². The minimum atomic E-state index is -0.237. The van der Waals surface area contributed by atoms with Crippen molar-refractivity contribution in [2.24, 2.45) is 7.05 Å². The molecule has 0 saturated heterocycles. The first-order chi connectivity index (χ1) is 13.5. The molecule has 3 aromatic rings. The predicted octanol–water partition coefficient (Wildman–Crippen LogP) is 3.83. The van der Waals surface area contributed by atoms with Gasteiger partial charge in [0.15, 0.2) is 6.61 Å². The van der Waals surface area contributed by atoms with Crippen LogP contribution in [-0.2, 0) is 13.6 Å². The smallest absolute Gasteiger partial charge is 0.255 e. The summed E-state index contributed by atoms with van der Waals surface area (Å²) >= 11 is 0. The largest absolute Gasteiger partial charge is 0.485 e. The second-order valence-electron chi connectivity index (χ2n) is 6.72. The first-order valence-corrected chi connectivity index (χ1v) is 9.17. The molecule has 0 spiro atoms. The molecule has 0 aliphatic heterocycles. The number of hydrogen-bond acceptors (Lipinski definition) is 3. The third-order valence-electron chi connectivity index (χ3n) is 4.86. The van der Waals surface area contributed by atoms with Crippen molar-refractivity contribution >= 4 is 11.7 Å². The van der Waals surface area contributed by atoms with Crippen LogP contribution in [0.2, 0.25) is 0 Å². The molecule has 144 valence electrons. The predicted molar refractivity (Wildman–Crippen MR) is 109 cm³/mol. The molecule has 28 heavy (non-hydrogen) atoms. The second kappa shape index (κ2) is 8.57. The zero-order valence-electron chi connectivity index (χ0n) is 16.4. The summed E-state index contributed by atoms with van der Waals surface area (Å²) in [6.45, 7) is 4.17. The van der Waals surface area contributed by atoms with Gasteiger partial charge in [-0.15, -0.1) is 0 Å². The lowest BCUT2D eigenvalue weighted by Crippen LogP contribution is -2.24. The first-order valence-electron chi connectivity index (χ1n) is 9.17. The van der Waals surface area contributed by atoms with E-state index in [0.29, 0.717) is 23.4 Å². The summed E-state index contributed by atoms with van der Waals surface area (Å²) in [7, 11) is 1.93. The fraction of sp³-hybridized carbons (Fsp3) is 0.217. The molecule has 5 heteroatoms. The highest BCUT2D eigenvalue weighted by atomic mass is 16.5. The minimum Gasteiger partial charge on any atom is -0.485 e. The summed E-state index contributed by atoms with van der Waals surface area (Å²) in [5.41, 5.74) is 3.99. The Morgan fingerprint density at radius 3 is 2.32 bits per heavy atom. The van der Waals surface area contributed by atoms with Crippen molar-refractivity contribution in [1.82, 2.24) is 9.88 Å². The maximum atomic E-state index is 12.6. The Morgan fingerprint density at radius 1 is 0.964 bits per heavy atom. The average Bonchev–Trinajstić information content (AvgIpc) is 2.98. The van der Waals surface area contributed by atoms with E-state index in [9.17, 15) is 9.59 Å². The number of para-hydroxylation sites is 1. The number of ether oxygens (including phenoxy) is 1. The van der Waals surface area contributed by atoms with Crippen LogP contribution in [0.4, 0.5) is 0 Å². The third kappa shape index (κ3) is 4.31. The molecule has 0 fully saturated rings. The Morgan fingerprint density at radius 2 is 1.64 bits per heavy atom. The van der Waals surface area contributed by atoms with Crippen molar-refractivity contribution in [1.29, 1.82) is 0 Å². The van der Waals surface area contributed by atoms with Gasteiger partial charge < -0.3 is 14.6 Å². The van der Waals surface area contributed by atoms with Crippen LogP contribution < -0.4 is 10.1 Å². The number of nitrogens with one attached hydrogen (secondary N) is 1. The molecule has 1 N–H and O–H groups in total.